The molecule has 2 aromatic carbocycles. The molecule has 0 aliphatic carbocycles. The van der Waals surface area contributed by atoms with Gasteiger partial charge in [-0.05, 0) is 48.4 Å². The number of hydrogen-bond acceptors (Lipinski definition) is 5. The van der Waals surface area contributed by atoms with E-state index in [-0.39, 0.29) is 11.6 Å². The van der Waals surface area contributed by atoms with Gasteiger partial charge in [0, 0.05) is 12.2 Å². The lowest BCUT2D eigenvalue weighted by Crippen LogP contribution is -2.15. The van der Waals surface area contributed by atoms with Crippen LogP contribution in [0.2, 0.25) is 0 Å². The fourth-order valence-electron chi connectivity index (χ4n) is 2.40. The molecule has 0 aliphatic rings. The Morgan fingerprint density at radius 3 is 2.38 bits per heavy atom. The van der Waals surface area contributed by atoms with Crippen LogP contribution in [0.1, 0.15) is 16.1 Å². The molecule has 0 fully saturated rings. The van der Waals surface area contributed by atoms with Crippen molar-refractivity contribution in [3.05, 3.63) is 78.0 Å². The summed E-state index contributed by atoms with van der Waals surface area (Å²) in [4.78, 5) is 12.2. The zero-order valence-corrected chi connectivity index (χ0v) is 14.5. The first kappa shape index (κ1) is 17.4. The first-order valence-electron chi connectivity index (χ1n) is 8.31. The van der Waals surface area contributed by atoms with Gasteiger partial charge in [0.05, 0.1) is 7.11 Å². The summed E-state index contributed by atoms with van der Waals surface area (Å²) >= 11 is 0. The van der Waals surface area contributed by atoms with Crippen LogP contribution in [0.15, 0.2) is 66.7 Å². The zero-order chi connectivity index (χ0) is 18.2. The third-order valence-corrected chi connectivity index (χ3v) is 3.81. The molecule has 1 heterocycles. The van der Waals surface area contributed by atoms with Crippen molar-refractivity contribution in [2.75, 3.05) is 24.3 Å². The molecule has 0 unspecified atom stereocenters. The molecule has 0 aliphatic heterocycles. The predicted molar refractivity (Wildman–Crippen MR) is 102 cm³/mol. The number of hydrogen-bond donors (Lipinski definition) is 2. The van der Waals surface area contributed by atoms with Gasteiger partial charge in [-0.1, -0.05) is 30.3 Å². The monoisotopic (exact) mass is 348 g/mol. The van der Waals surface area contributed by atoms with Crippen molar-refractivity contribution in [3.8, 4) is 5.75 Å². The van der Waals surface area contributed by atoms with Crippen LogP contribution in [-0.2, 0) is 6.42 Å². The molecule has 0 spiro atoms. The molecular weight excluding hydrogens is 328 g/mol. The maximum absolute atomic E-state index is 12.2. The van der Waals surface area contributed by atoms with Gasteiger partial charge in [0.15, 0.2) is 5.69 Å². The molecule has 6 heteroatoms. The molecule has 3 aromatic rings. The number of nitrogens with zero attached hydrogens (tertiary/aromatic N) is 2. The van der Waals surface area contributed by atoms with Crippen molar-refractivity contribution >= 4 is 17.4 Å². The highest BCUT2D eigenvalue weighted by Gasteiger charge is 2.09. The minimum Gasteiger partial charge on any atom is -0.497 e. The highest BCUT2D eigenvalue weighted by molar-refractivity contribution is 6.02. The van der Waals surface area contributed by atoms with Gasteiger partial charge in [0.25, 0.3) is 5.91 Å². The summed E-state index contributed by atoms with van der Waals surface area (Å²) < 4.78 is 5.09. The van der Waals surface area contributed by atoms with Crippen molar-refractivity contribution in [2.24, 2.45) is 0 Å². The van der Waals surface area contributed by atoms with Gasteiger partial charge < -0.3 is 15.4 Å². The van der Waals surface area contributed by atoms with Crippen LogP contribution in [0.3, 0.4) is 0 Å². The Morgan fingerprint density at radius 2 is 1.73 bits per heavy atom. The number of anilines is 2. The Morgan fingerprint density at radius 1 is 0.962 bits per heavy atom. The molecule has 0 saturated carbocycles. The lowest BCUT2D eigenvalue weighted by molar-refractivity contribution is 0.102. The SMILES string of the molecule is COc1ccc(NC(=O)c2ccc(NCCc3ccccc3)nn2)cc1. The van der Waals surface area contributed by atoms with E-state index in [1.165, 1.54) is 5.56 Å². The van der Waals surface area contributed by atoms with Gasteiger partial charge in [0.1, 0.15) is 11.6 Å². The summed E-state index contributed by atoms with van der Waals surface area (Å²) in [7, 11) is 1.60. The van der Waals surface area contributed by atoms with Gasteiger partial charge in [-0.15, -0.1) is 10.2 Å². The van der Waals surface area contributed by atoms with Crippen molar-refractivity contribution in [3.63, 3.8) is 0 Å². The second-order valence-corrected chi connectivity index (χ2v) is 5.65. The molecule has 2 N–H and O–H groups in total. The predicted octanol–water partition coefficient (Wildman–Crippen LogP) is 3.39. The van der Waals surface area contributed by atoms with E-state index in [0.29, 0.717) is 11.5 Å². The first-order valence-corrected chi connectivity index (χ1v) is 8.31. The van der Waals surface area contributed by atoms with Crippen molar-refractivity contribution in [2.45, 2.75) is 6.42 Å². The molecule has 0 radical (unpaired) electrons. The van der Waals surface area contributed by atoms with Gasteiger partial charge in [0.2, 0.25) is 0 Å². The average Bonchev–Trinajstić information content (AvgIpc) is 2.70. The molecule has 1 aromatic heterocycles. The molecule has 1 amide bonds. The van der Waals surface area contributed by atoms with Gasteiger partial charge in [-0.25, -0.2) is 0 Å². The Hall–Kier alpha value is -3.41. The van der Waals surface area contributed by atoms with Crippen molar-refractivity contribution in [1.29, 1.82) is 0 Å². The summed E-state index contributed by atoms with van der Waals surface area (Å²) in [5.74, 6) is 1.06. The van der Waals surface area contributed by atoms with Crippen LogP contribution in [0.25, 0.3) is 0 Å². The molecule has 0 bridgehead atoms. The van der Waals surface area contributed by atoms with Crippen LogP contribution < -0.4 is 15.4 Å². The van der Waals surface area contributed by atoms with E-state index in [2.05, 4.69) is 33.0 Å². The van der Waals surface area contributed by atoms with Crippen LogP contribution in [0.5, 0.6) is 5.75 Å². The second-order valence-electron chi connectivity index (χ2n) is 5.65. The fraction of sp³-hybridized carbons (Fsp3) is 0.150. The summed E-state index contributed by atoms with van der Waals surface area (Å²) in [6, 6.07) is 20.7. The molecule has 3 rings (SSSR count). The topological polar surface area (TPSA) is 76.1 Å². The number of benzene rings is 2. The maximum Gasteiger partial charge on any atom is 0.276 e. The zero-order valence-electron chi connectivity index (χ0n) is 14.5. The minimum absolute atomic E-state index is 0.259. The van der Waals surface area contributed by atoms with Crippen LogP contribution in [-0.4, -0.2) is 29.8 Å². The number of carbonyl (C=O) groups excluding carboxylic acids is 1. The summed E-state index contributed by atoms with van der Waals surface area (Å²) in [6.07, 6.45) is 0.891. The van der Waals surface area contributed by atoms with E-state index >= 15 is 0 Å². The highest BCUT2D eigenvalue weighted by Crippen LogP contribution is 2.15. The molecule has 132 valence electrons. The van der Waals surface area contributed by atoms with Gasteiger partial charge >= 0.3 is 0 Å². The first-order chi connectivity index (χ1) is 12.7. The Kier molecular flexibility index (Phi) is 5.77. The Balaban J connectivity index is 1.52. The van der Waals surface area contributed by atoms with Crippen molar-refractivity contribution < 1.29 is 9.53 Å². The van der Waals surface area contributed by atoms with Gasteiger partial charge in [-0.2, -0.15) is 0 Å². The molecule has 0 atom stereocenters. The number of carbonyl (C=O) groups is 1. The van der Waals surface area contributed by atoms with Crippen LogP contribution in [0.4, 0.5) is 11.5 Å². The van der Waals surface area contributed by atoms with E-state index in [4.69, 9.17) is 4.74 Å². The molecule has 6 nitrogen and oxygen atoms in total. The lowest BCUT2D eigenvalue weighted by Gasteiger charge is -2.07. The summed E-state index contributed by atoms with van der Waals surface area (Å²) in [5, 5.41) is 14.0. The Bertz CT molecular complexity index is 834. The third kappa shape index (κ3) is 4.80. The quantitative estimate of drug-likeness (QED) is 0.684. The lowest BCUT2D eigenvalue weighted by atomic mass is 10.1. The summed E-state index contributed by atoms with van der Waals surface area (Å²) in [6.45, 7) is 0.746. The number of methoxy groups -OCH3 is 1. The largest absolute Gasteiger partial charge is 0.497 e. The number of ether oxygens (including phenoxy) is 1. The number of aromatic nitrogens is 2. The third-order valence-electron chi connectivity index (χ3n) is 3.81. The van der Waals surface area contributed by atoms with E-state index in [9.17, 15) is 4.79 Å². The highest BCUT2D eigenvalue weighted by atomic mass is 16.5. The van der Waals surface area contributed by atoms with Gasteiger partial charge in [-0.3, -0.25) is 4.79 Å². The number of rotatable bonds is 7. The number of nitrogens with one attached hydrogen (secondary N) is 2. The Labute approximate surface area is 152 Å². The maximum atomic E-state index is 12.2. The fourth-order valence-corrected chi connectivity index (χ4v) is 2.40. The smallest absolute Gasteiger partial charge is 0.276 e. The van der Waals surface area contributed by atoms with Crippen molar-refractivity contribution in [1.82, 2.24) is 10.2 Å². The molecule has 0 saturated heterocycles. The standard InChI is InChI=1S/C20H20N4O2/c1-26-17-9-7-16(8-10-17)22-20(25)18-11-12-19(24-23-18)21-14-13-15-5-3-2-4-6-15/h2-12H,13-14H2,1H3,(H,21,24)(H,22,25). The van der Waals surface area contributed by atoms with E-state index in [1.54, 1.807) is 43.5 Å². The van der Waals surface area contributed by atoms with E-state index in [1.807, 2.05) is 18.2 Å². The minimum atomic E-state index is -0.307. The average molecular weight is 348 g/mol. The molecule has 26 heavy (non-hydrogen) atoms. The second kappa shape index (κ2) is 8.62. The summed E-state index contributed by atoms with van der Waals surface area (Å²) in [5.41, 5.74) is 2.18. The number of amides is 1. The molecular formula is C20H20N4O2. The van der Waals surface area contributed by atoms with E-state index in [0.717, 1.165) is 18.7 Å². The van der Waals surface area contributed by atoms with Crippen LogP contribution >= 0.6 is 0 Å². The normalized spacial score (nSPS) is 10.2. The van der Waals surface area contributed by atoms with Crippen LogP contribution in [0, 0.1) is 0 Å². The van der Waals surface area contributed by atoms with E-state index < -0.39 is 0 Å².